The minimum atomic E-state index is -3.49. The molecule has 25 heavy (non-hydrogen) atoms. The molecule has 2 aromatic carbocycles. The van der Waals surface area contributed by atoms with Gasteiger partial charge in [0, 0.05) is 36.3 Å². The Balaban J connectivity index is 1.76. The largest absolute Gasteiger partial charge is 0.369 e. The van der Waals surface area contributed by atoms with Crippen LogP contribution in [-0.2, 0) is 10.0 Å². The van der Waals surface area contributed by atoms with Gasteiger partial charge < -0.3 is 4.90 Å². The highest BCUT2D eigenvalue weighted by Crippen LogP contribution is 2.29. The molecule has 1 heterocycles. The van der Waals surface area contributed by atoms with E-state index in [1.54, 1.807) is 18.2 Å². The van der Waals surface area contributed by atoms with E-state index in [-0.39, 0.29) is 0 Å². The van der Waals surface area contributed by atoms with Gasteiger partial charge in [-0.2, -0.15) is 4.31 Å². The monoisotopic (exact) mass is 462 g/mol. The van der Waals surface area contributed by atoms with Crippen LogP contribution in [0.3, 0.4) is 0 Å². The molecule has 4 nitrogen and oxygen atoms in total. The van der Waals surface area contributed by atoms with Gasteiger partial charge in [-0.15, -0.1) is 0 Å². The Kier molecular flexibility index (Phi) is 5.66. The predicted molar refractivity (Wildman–Crippen MR) is 106 cm³/mol. The second-order valence-electron chi connectivity index (χ2n) is 5.90. The van der Waals surface area contributed by atoms with Crippen LogP contribution in [0.25, 0.3) is 0 Å². The van der Waals surface area contributed by atoms with Gasteiger partial charge in [0.25, 0.3) is 0 Å². The van der Waals surface area contributed by atoms with Crippen molar-refractivity contribution in [2.75, 3.05) is 31.1 Å². The Morgan fingerprint density at radius 3 is 2.24 bits per heavy atom. The third-order valence-corrected chi connectivity index (χ3v) is 7.55. The molecule has 0 saturated carbocycles. The summed E-state index contributed by atoms with van der Waals surface area (Å²) in [4.78, 5) is 2.47. The zero-order chi connectivity index (χ0) is 18.2. The third-order valence-electron chi connectivity index (χ3n) is 4.26. The number of aryl methyl sites for hydroxylation is 1. The molecule has 0 radical (unpaired) electrons. The Morgan fingerprint density at radius 1 is 0.960 bits per heavy atom. The van der Waals surface area contributed by atoms with E-state index in [0.29, 0.717) is 41.1 Å². The van der Waals surface area contributed by atoms with Gasteiger partial charge in [0.1, 0.15) is 0 Å². The van der Waals surface area contributed by atoms with Gasteiger partial charge in [-0.25, -0.2) is 8.42 Å². The maximum atomic E-state index is 12.9. The summed E-state index contributed by atoms with van der Waals surface area (Å²) in [7, 11) is -3.49. The quantitative estimate of drug-likeness (QED) is 0.669. The first-order valence-electron chi connectivity index (χ1n) is 7.75. The number of sulfonamides is 1. The van der Waals surface area contributed by atoms with Gasteiger partial charge >= 0.3 is 0 Å². The molecule has 0 spiro atoms. The van der Waals surface area contributed by atoms with E-state index in [1.165, 1.54) is 4.31 Å². The minimum Gasteiger partial charge on any atom is -0.369 e. The molecule has 2 aromatic rings. The molecule has 1 fully saturated rings. The third kappa shape index (κ3) is 3.98. The van der Waals surface area contributed by atoms with Crippen molar-refractivity contribution in [2.24, 2.45) is 0 Å². The van der Waals surface area contributed by atoms with Gasteiger partial charge in [-0.1, -0.05) is 39.1 Å². The second kappa shape index (κ2) is 7.45. The molecule has 1 aliphatic rings. The van der Waals surface area contributed by atoms with Crippen molar-refractivity contribution < 1.29 is 8.42 Å². The van der Waals surface area contributed by atoms with E-state index in [2.05, 4.69) is 20.8 Å². The van der Waals surface area contributed by atoms with Crippen molar-refractivity contribution in [3.63, 3.8) is 0 Å². The number of halogens is 3. The Bertz CT molecular complexity index is 898. The summed E-state index contributed by atoms with van der Waals surface area (Å²) in [5, 5.41) is 1.01. The van der Waals surface area contributed by atoms with Crippen molar-refractivity contribution in [1.29, 1.82) is 0 Å². The summed E-state index contributed by atoms with van der Waals surface area (Å²) >= 11 is 15.4. The first-order chi connectivity index (χ1) is 11.8. The smallest absolute Gasteiger partial charge is 0.243 e. The highest BCUT2D eigenvalue weighted by molar-refractivity contribution is 9.10. The fraction of sp³-hybridized carbons (Fsp3) is 0.294. The average Bonchev–Trinajstić information content (AvgIpc) is 2.57. The average molecular weight is 464 g/mol. The molecule has 1 saturated heterocycles. The Hall–Kier alpha value is -0.790. The molecule has 3 rings (SSSR count). The number of benzene rings is 2. The van der Waals surface area contributed by atoms with Gasteiger partial charge in [-0.3, -0.25) is 0 Å². The highest BCUT2D eigenvalue weighted by Gasteiger charge is 2.29. The van der Waals surface area contributed by atoms with Crippen molar-refractivity contribution in [3.05, 3.63) is 56.5 Å². The van der Waals surface area contributed by atoms with Gasteiger partial charge in [0.05, 0.1) is 14.9 Å². The molecule has 0 aromatic heterocycles. The van der Waals surface area contributed by atoms with Gasteiger partial charge in [-0.05, 0) is 48.9 Å². The number of nitrogens with zero attached hydrogens (tertiary/aromatic N) is 2. The van der Waals surface area contributed by atoms with Crippen LogP contribution in [0.1, 0.15) is 5.56 Å². The van der Waals surface area contributed by atoms with E-state index in [9.17, 15) is 8.42 Å². The molecule has 1 aliphatic heterocycles. The summed E-state index contributed by atoms with van der Waals surface area (Å²) in [5.41, 5.74) is 1.69. The number of piperazine rings is 1. The lowest BCUT2D eigenvalue weighted by molar-refractivity contribution is 0.384. The van der Waals surface area contributed by atoms with Crippen LogP contribution in [0.4, 0.5) is 5.69 Å². The SMILES string of the molecule is Cc1cc(Br)ccc1S(=O)(=O)N1CCN(c2ccc(Cl)c(Cl)c2)CC1. The fourth-order valence-electron chi connectivity index (χ4n) is 2.91. The van der Waals surface area contributed by atoms with E-state index in [4.69, 9.17) is 23.2 Å². The summed E-state index contributed by atoms with van der Waals surface area (Å²) in [6.45, 7) is 3.87. The van der Waals surface area contributed by atoms with E-state index >= 15 is 0 Å². The molecule has 8 heteroatoms. The molecule has 0 atom stereocenters. The predicted octanol–water partition coefficient (Wildman–Crippen LogP) is 4.58. The maximum Gasteiger partial charge on any atom is 0.243 e. The molecular weight excluding hydrogens is 447 g/mol. The number of anilines is 1. The van der Waals surface area contributed by atoms with Gasteiger partial charge in [0.2, 0.25) is 10.0 Å². The molecule has 0 bridgehead atoms. The summed E-state index contributed by atoms with van der Waals surface area (Å²) in [5.74, 6) is 0. The zero-order valence-electron chi connectivity index (χ0n) is 13.5. The van der Waals surface area contributed by atoms with Crippen LogP contribution in [-0.4, -0.2) is 38.9 Å². The molecular formula is C17H17BrCl2N2O2S. The lowest BCUT2D eigenvalue weighted by atomic mass is 10.2. The maximum absolute atomic E-state index is 12.9. The zero-order valence-corrected chi connectivity index (χ0v) is 17.5. The van der Waals surface area contributed by atoms with Gasteiger partial charge in [0.15, 0.2) is 0 Å². The van der Waals surface area contributed by atoms with Crippen molar-refractivity contribution in [3.8, 4) is 0 Å². The number of rotatable bonds is 3. The number of hydrogen-bond acceptors (Lipinski definition) is 3. The molecule has 134 valence electrons. The second-order valence-corrected chi connectivity index (χ2v) is 9.54. The first-order valence-corrected chi connectivity index (χ1v) is 10.7. The lowest BCUT2D eigenvalue weighted by Gasteiger charge is -2.35. The Morgan fingerprint density at radius 2 is 1.64 bits per heavy atom. The molecule has 0 amide bonds. The summed E-state index contributed by atoms with van der Waals surface area (Å²) in [6.07, 6.45) is 0. The van der Waals surface area contributed by atoms with Crippen LogP contribution >= 0.6 is 39.1 Å². The topological polar surface area (TPSA) is 40.6 Å². The van der Waals surface area contributed by atoms with E-state index in [1.807, 2.05) is 25.1 Å². The minimum absolute atomic E-state index is 0.360. The Labute approximate surface area is 166 Å². The van der Waals surface area contributed by atoms with Crippen LogP contribution in [0.5, 0.6) is 0 Å². The standard InChI is InChI=1S/C17H17BrCl2N2O2S/c1-12-10-13(18)2-5-17(12)25(23,24)22-8-6-21(7-9-22)14-3-4-15(19)16(20)11-14/h2-5,10-11H,6-9H2,1H3. The van der Waals surface area contributed by atoms with E-state index < -0.39 is 10.0 Å². The fourth-order valence-corrected chi connectivity index (χ4v) is 5.31. The lowest BCUT2D eigenvalue weighted by Crippen LogP contribution is -2.48. The summed E-state index contributed by atoms with van der Waals surface area (Å²) < 4.78 is 28.2. The van der Waals surface area contributed by atoms with Crippen LogP contribution in [0, 0.1) is 6.92 Å². The first kappa shape index (κ1) is 19.0. The molecule has 0 aliphatic carbocycles. The van der Waals surface area contributed by atoms with Crippen molar-refractivity contribution in [1.82, 2.24) is 4.31 Å². The highest BCUT2D eigenvalue weighted by atomic mass is 79.9. The van der Waals surface area contributed by atoms with Crippen molar-refractivity contribution >= 4 is 54.8 Å². The van der Waals surface area contributed by atoms with Crippen molar-refractivity contribution in [2.45, 2.75) is 11.8 Å². The molecule has 0 N–H and O–H groups in total. The normalized spacial score (nSPS) is 16.2. The summed E-state index contributed by atoms with van der Waals surface area (Å²) in [6, 6.07) is 10.7. The molecule has 0 unspecified atom stereocenters. The van der Waals surface area contributed by atoms with Crippen LogP contribution < -0.4 is 4.90 Å². The van der Waals surface area contributed by atoms with E-state index in [0.717, 1.165) is 15.7 Å². The van der Waals surface area contributed by atoms with Crippen LogP contribution in [0.15, 0.2) is 45.8 Å². The van der Waals surface area contributed by atoms with Crippen LogP contribution in [0.2, 0.25) is 10.0 Å². The number of hydrogen-bond donors (Lipinski definition) is 0.